The maximum absolute atomic E-state index is 11.3. The summed E-state index contributed by atoms with van der Waals surface area (Å²) in [4.78, 5) is 0. The third-order valence-corrected chi connectivity index (χ3v) is 6.03. The summed E-state index contributed by atoms with van der Waals surface area (Å²) < 4.78 is 22.5. The van der Waals surface area contributed by atoms with Crippen molar-refractivity contribution in [2.75, 3.05) is 18.6 Å². The highest BCUT2D eigenvalue weighted by molar-refractivity contribution is 7.90. The van der Waals surface area contributed by atoms with Crippen LogP contribution < -0.4 is 5.32 Å². The van der Waals surface area contributed by atoms with Crippen LogP contribution in [0.2, 0.25) is 0 Å². The summed E-state index contributed by atoms with van der Waals surface area (Å²) >= 11 is 0. The molecule has 2 bridgehead atoms. The number of sulfone groups is 1. The maximum Gasteiger partial charge on any atom is 0.147 e. The smallest absolute Gasteiger partial charge is 0.147 e. The molecule has 4 atom stereocenters. The molecule has 0 amide bonds. The van der Waals surface area contributed by atoms with Crippen LogP contribution in [0.1, 0.15) is 51.9 Å². The van der Waals surface area contributed by atoms with Crippen molar-refractivity contribution < 1.29 is 8.42 Å². The molecule has 0 saturated heterocycles. The minimum Gasteiger partial charge on any atom is -0.314 e. The molecule has 2 rings (SSSR count). The predicted octanol–water partition coefficient (Wildman–Crippen LogP) is 2.62. The SMILES string of the molecule is CCCNC(CCCS(C)(=O)=O)C1CC2CCC1C2. The van der Waals surface area contributed by atoms with Crippen molar-refractivity contribution in [2.45, 2.75) is 57.9 Å². The van der Waals surface area contributed by atoms with E-state index in [0.29, 0.717) is 11.8 Å². The van der Waals surface area contributed by atoms with E-state index >= 15 is 0 Å². The second kappa shape index (κ2) is 6.57. The molecule has 4 unspecified atom stereocenters. The van der Waals surface area contributed by atoms with Crippen LogP contribution >= 0.6 is 0 Å². The van der Waals surface area contributed by atoms with Gasteiger partial charge in [-0.25, -0.2) is 8.42 Å². The topological polar surface area (TPSA) is 46.2 Å². The highest BCUT2D eigenvalue weighted by atomic mass is 32.2. The zero-order chi connectivity index (χ0) is 13.9. The van der Waals surface area contributed by atoms with Crippen LogP contribution in [-0.4, -0.2) is 33.0 Å². The van der Waals surface area contributed by atoms with Gasteiger partial charge in [0.05, 0.1) is 0 Å². The molecule has 19 heavy (non-hydrogen) atoms. The molecule has 0 heterocycles. The van der Waals surface area contributed by atoms with E-state index in [-0.39, 0.29) is 0 Å². The molecular weight excluding hydrogens is 258 g/mol. The fourth-order valence-electron chi connectivity index (χ4n) is 4.15. The van der Waals surface area contributed by atoms with E-state index in [0.717, 1.165) is 43.6 Å². The van der Waals surface area contributed by atoms with Crippen molar-refractivity contribution in [2.24, 2.45) is 17.8 Å². The molecule has 0 aromatic heterocycles. The molecule has 2 aliphatic carbocycles. The monoisotopic (exact) mass is 287 g/mol. The summed E-state index contributed by atoms with van der Waals surface area (Å²) in [5.41, 5.74) is 0. The van der Waals surface area contributed by atoms with Crippen molar-refractivity contribution in [3.63, 3.8) is 0 Å². The van der Waals surface area contributed by atoms with Crippen LogP contribution in [-0.2, 0) is 9.84 Å². The first-order valence-corrected chi connectivity index (χ1v) is 9.96. The van der Waals surface area contributed by atoms with Crippen molar-refractivity contribution in [1.29, 1.82) is 0 Å². The van der Waals surface area contributed by atoms with Crippen LogP contribution in [0, 0.1) is 17.8 Å². The van der Waals surface area contributed by atoms with Crippen LogP contribution in [0.4, 0.5) is 0 Å². The summed E-state index contributed by atoms with van der Waals surface area (Å²) in [5.74, 6) is 3.04. The van der Waals surface area contributed by atoms with Crippen LogP contribution in [0.25, 0.3) is 0 Å². The number of hydrogen-bond donors (Lipinski definition) is 1. The fourth-order valence-corrected chi connectivity index (χ4v) is 4.84. The van der Waals surface area contributed by atoms with Gasteiger partial charge in [0, 0.05) is 18.1 Å². The van der Waals surface area contributed by atoms with Crippen molar-refractivity contribution in [3.8, 4) is 0 Å². The first-order chi connectivity index (χ1) is 8.99. The molecule has 0 aromatic carbocycles. The first kappa shape index (κ1) is 15.3. The van der Waals surface area contributed by atoms with E-state index in [9.17, 15) is 8.42 Å². The Kier molecular flexibility index (Phi) is 5.29. The molecule has 1 N–H and O–H groups in total. The molecular formula is C15H29NO2S. The van der Waals surface area contributed by atoms with E-state index in [2.05, 4.69) is 12.2 Å². The van der Waals surface area contributed by atoms with E-state index < -0.39 is 9.84 Å². The van der Waals surface area contributed by atoms with Crippen LogP contribution in [0.15, 0.2) is 0 Å². The second-order valence-electron chi connectivity index (χ2n) is 6.67. The van der Waals surface area contributed by atoms with Gasteiger partial charge >= 0.3 is 0 Å². The fraction of sp³-hybridized carbons (Fsp3) is 1.00. The Labute approximate surface area is 118 Å². The van der Waals surface area contributed by atoms with Crippen molar-refractivity contribution in [1.82, 2.24) is 5.32 Å². The molecule has 2 aliphatic rings. The molecule has 112 valence electrons. The predicted molar refractivity (Wildman–Crippen MR) is 80.0 cm³/mol. The number of rotatable bonds is 8. The lowest BCUT2D eigenvalue weighted by molar-refractivity contribution is 0.238. The van der Waals surface area contributed by atoms with Gasteiger partial charge in [0.15, 0.2) is 0 Å². The van der Waals surface area contributed by atoms with E-state index in [1.165, 1.54) is 31.9 Å². The van der Waals surface area contributed by atoms with Gasteiger partial charge in [-0.1, -0.05) is 13.3 Å². The Morgan fingerprint density at radius 1 is 1.26 bits per heavy atom. The summed E-state index contributed by atoms with van der Waals surface area (Å²) in [5, 5.41) is 3.69. The third-order valence-electron chi connectivity index (χ3n) is 5.00. The Balaban J connectivity index is 1.85. The van der Waals surface area contributed by atoms with Gasteiger partial charge in [-0.15, -0.1) is 0 Å². The Morgan fingerprint density at radius 2 is 2.05 bits per heavy atom. The lowest BCUT2D eigenvalue weighted by Crippen LogP contribution is -2.39. The highest BCUT2D eigenvalue weighted by Gasteiger charge is 2.42. The molecule has 0 radical (unpaired) electrons. The van der Waals surface area contributed by atoms with E-state index in [4.69, 9.17) is 0 Å². The van der Waals surface area contributed by atoms with Gasteiger partial charge < -0.3 is 5.32 Å². The Hall–Kier alpha value is -0.0900. The van der Waals surface area contributed by atoms with Gasteiger partial charge in [0.1, 0.15) is 9.84 Å². The van der Waals surface area contributed by atoms with E-state index in [1.54, 1.807) is 0 Å². The summed E-state index contributed by atoms with van der Waals surface area (Å²) in [6.07, 6.45) is 10.0. The van der Waals surface area contributed by atoms with E-state index in [1.807, 2.05) is 0 Å². The minimum absolute atomic E-state index is 0.345. The maximum atomic E-state index is 11.3. The third kappa shape index (κ3) is 4.45. The highest BCUT2D eigenvalue weighted by Crippen LogP contribution is 2.50. The Morgan fingerprint density at radius 3 is 2.58 bits per heavy atom. The zero-order valence-corrected chi connectivity index (χ0v) is 13.2. The second-order valence-corrected chi connectivity index (χ2v) is 8.93. The average Bonchev–Trinajstić information content (AvgIpc) is 2.94. The molecule has 0 spiro atoms. The number of nitrogens with one attached hydrogen (secondary N) is 1. The van der Waals surface area contributed by atoms with Gasteiger partial charge in [-0.3, -0.25) is 0 Å². The first-order valence-electron chi connectivity index (χ1n) is 7.90. The number of hydrogen-bond acceptors (Lipinski definition) is 3. The van der Waals surface area contributed by atoms with Gasteiger partial charge in [-0.2, -0.15) is 0 Å². The molecule has 0 aliphatic heterocycles. The van der Waals surface area contributed by atoms with Crippen molar-refractivity contribution >= 4 is 9.84 Å². The lowest BCUT2D eigenvalue weighted by atomic mass is 9.81. The minimum atomic E-state index is -2.80. The quantitative estimate of drug-likeness (QED) is 0.746. The Bertz CT molecular complexity index is 380. The standard InChI is InChI=1S/C15H29NO2S/c1-3-8-16-15(5-4-9-19(2,17)18)14-11-12-6-7-13(14)10-12/h12-16H,3-11H2,1-2H3. The summed E-state index contributed by atoms with van der Waals surface area (Å²) in [6, 6.07) is 0.553. The van der Waals surface area contributed by atoms with Gasteiger partial charge in [0.2, 0.25) is 0 Å². The van der Waals surface area contributed by atoms with Crippen LogP contribution in [0.5, 0.6) is 0 Å². The summed E-state index contributed by atoms with van der Waals surface area (Å²) in [7, 11) is -2.80. The number of fused-ring (bicyclic) bond motifs is 2. The zero-order valence-electron chi connectivity index (χ0n) is 12.4. The molecule has 0 aromatic rings. The normalized spacial score (nSPS) is 31.8. The van der Waals surface area contributed by atoms with Crippen molar-refractivity contribution in [3.05, 3.63) is 0 Å². The van der Waals surface area contributed by atoms with Gasteiger partial charge in [0.25, 0.3) is 0 Å². The van der Waals surface area contributed by atoms with Crippen LogP contribution in [0.3, 0.4) is 0 Å². The average molecular weight is 287 g/mol. The molecule has 3 nitrogen and oxygen atoms in total. The lowest BCUT2D eigenvalue weighted by Gasteiger charge is -2.31. The van der Waals surface area contributed by atoms with Gasteiger partial charge in [-0.05, 0) is 62.8 Å². The molecule has 2 fully saturated rings. The summed E-state index contributed by atoms with van der Waals surface area (Å²) in [6.45, 7) is 3.26. The molecule has 2 saturated carbocycles. The molecule has 4 heteroatoms. The largest absolute Gasteiger partial charge is 0.314 e.